The molecule has 0 saturated heterocycles. The van der Waals surface area contributed by atoms with E-state index >= 15 is 4.39 Å². The summed E-state index contributed by atoms with van der Waals surface area (Å²) in [6.45, 7) is 0.137. The molecule has 1 aliphatic carbocycles. The van der Waals surface area contributed by atoms with Crippen molar-refractivity contribution in [2.45, 2.75) is 50.6 Å². The fraction of sp³-hybridized carbons (Fsp3) is 0.346. The quantitative estimate of drug-likeness (QED) is 0.265. The number of nitrogens with zero attached hydrogens (tertiary/aromatic N) is 4. The van der Waals surface area contributed by atoms with Crippen molar-refractivity contribution >= 4 is 28.1 Å². The van der Waals surface area contributed by atoms with Crippen molar-refractivity contribution in [1.82, 2.24) is 24.7 Å². The molecular formula is C26H20ClF7N6O2. The van der Waals surface area contributed by atoms with Gasteiger partial charge >= 0.3 is 12.4 Å². The lowest BCUT2D eigenvalue weighted by Crippen LogP contribution is -2.33. The van der Waals surface area contributed by atoms with Crippen LogP contribution in [0.4, 0.5) is 36.4 Å². The van der Waals surface area contributed by atoms with Gasteiger partial charge in [0.05, 0.1) is 33.4 Å². The summed E-state index contributed by atoms with van der Waals surface area (Å²) in [6, 6.07) is 1.67. The van der Waals surface area contributed by atoms with Crippen molar-refractivity contribution in [2.75, 3.05) is 5.32 Å². The number of aromatic amines is 1. The number of aromatic nitrogens is 5. The van der Waals surface area contributed by atoms with E-state index in [1.807, 2.05) is 0 Å². The van der Waals surface area contributed by atoms with Gasteiger partial charge in [-0.05, 0) is 37.3 Å². The first kappa shape index (κ1) is 29.5. The van der Waals surface area contributed by atoms with Crippen molar-refractivity contribution < 1.29 is 30.7 Å². The van der Waals surface area contributed by atoms with Crippen LogP contribution in [0.2, 0.25) is 5.02 Å². The number of pyridine rings is 1. The molecule has 0 bridgehead atoms. The molecule has 4 aromatic rings. The topological polar surface area (TPSA) is 106 Å². The van der Waals surface area contributed by atoms with Crippen LogP contribution < -0.4 is 16.4 Å². The van der Waals surface area contributed by atoms with Gasteiger partial charge in [0, 0.05) is 36.6 Å². The second kappa shape index (κ2) is 11.0. The maximum absolute atomic E-state index is 15.0. The molecule has 8 nitrogen and oxygen atoms in total. The molecule has 1 saturated carbocycles. The van der Waals surface area contributed by atoms with E-state index in [0.717, 1.165) is 12.3 Å². The zero-order valence-corrected chi connectivity index (χ0v) is 22.0. The maximum atomic E-state index is 15.0. The van der Waals surface area contributed by atoms with Gasteiger partial charge in [-0.2, -0.15) is 31.4 Å². The summed E-state index contributed by atoms with van der Waals surface area (Å²) in [5.74, 6) is -1.44. The van der Waals surface area contributed by atoms with Crippen LogP contribution in [0.15, 0.2) is 46.5 Å². The first-order valence-electron chi connectivity index (χ1n) is 12.6. The Morgan fingerprint density at radius 2 is 1.71 bits per heavy atom. The molecule has 5 rings (SSSR count). The standard InChI is InChI=1S/C26H20ClF7N6O2/c27-18-11-40(10-12-2-1-3-14(4-12)38-20-9-37-39-23(41)21(20)26(32,33)34)24(42)16-6-19(28)17(5-15(16)18)22-35-7-13(8-36-22)25(29,30)31/h5-9,11-12,14H,1-4,10H2,(H2,38,39,41)/t12-,14+/m1/s1. The minimum Gasteiger partial charge on any atom is -0.380 e. The maximum Gasteiger partial charge on any atom is 0.423 e. The van der Waals surface area contributed by atoms with Gasteiger partial charge in [0.25, 0.3) is 11.1 Å². The highest BCUT2D eigenvalue weighted by molar-refractivity contribution is 6.35. The average molecular weight is 617 g/mol. The van der Waals surface area contributed by atoms with Crippen molar-refractivity contribution in [3.63, 3.8) is 0 Å². The van der Waals surface area contributed by atoms with Crippen LogP contribution in [-0.4, -0.2) is 30.8 Å². The largest absolute Gasteiger partial charge is 0.423 e. The number of benzene rings is 1. The fourth-order valence-electron chi connectivity index (χ4n) is 5.16. The number of fused-ring (bicyclic) bond motifs is 1. The van der Waals surface area contributed by atoms with Crippen LogP contribution in [0.3, 0.4) is 0 Å². The molecule has 2 N–H and O–H groups in total. The lowest BCUT2D eigenvalue weighted by molar-refractivity contribution is -0.139. The third-order valence-corrected chi connectivity index (χ3v) is 7.38. The summed E-state index contributed by atoms with van der Waals surface area (Å²) in [4.78, 5) is 32.3. The van der Waals surface area contributed by atoms with Crippen molar-refractivity contribution in [3.05, 3.63) is 79.6 Å². The molecule has 0 aliphatic heterocycles. The van der Waals surface area contributed by atoms with Gasteiger partial charge in [0.2, 0.25) is 0 Å². The molecule has 1 aromatic carbocycles. The summed E-state index contributed by atoms with van der Waals surface area (Å²) >= 11 is 6.43. The normalized spacial score (nSPS) is 17.9. The highest BCUT2D eigenvalue weighted by atomic mass is 35.5. The number of halogens is 8. The monoisotopic (exact) mass is 616 g/mol. The zero-order chi connectivity index (χ0) is 30.4. The number of alkyl halides is 6. The highest BCUT2D eigenvalue weighted by Crippen LogP contribution is 2.35. The Morgan fingerprint density at radius 1 is 1.00 bits per heavy atom. The van der Waals surface area contributed by atoms with Crippen LogP contribution in [-0.2, 0) is 18.9 Å². The SMILES string of the molecule is O=c1[nH]ncc(N[C@H]2CCC[C@@H](Cn3cc(Cl)c4cc(-c5ncc(C(F)(F)F)cn5)c(F)cc4c3=O)C2)c1C(F)(F)F. The minimum absolute atomic E-state index is 0.0626. The third kappa shape index (κ3) is 5.96. The van der Waals surface area contributed by atoms with E-state index in [9.17, 15) is 35.9 Å². The second-order valence-electron chi connectivity index (χ2n) is 9.96. The summed E-state index contributed by atoms with van der Waals surface area (Å²) < 4.78 is 95.1. The summed E-state index contributed by atoms with van der Waals surface area (Å²) in [5, 5.41) is 8.14. The molecule has 1 aliphatic rings. The molecule has 0 unspecified atom stereocenters. The summed E-state index contributed by atoms with van der Waals surface area (Å²) in [6.07, 6.45) is -4.11. The number of H-pyrrole nitrogens is 1. The lowest BCUT2D eigenvalue weighted by Gasteiger charge is -2.31. The summed E-state index contributed by atoms with van der Waals surface area (Å²) in [7, 11) is 0. The number of rotatable bonds is 5. The minimum atomic E-state index is -4.89. The Hall–Kier alpha value is -4.01. The molecule has 0 amide bonds. The van der Waals surface area contributed by atoms with Crippen LogP contribution in [0.5, 0.6) is 0 Å². The van der Waals surface area contributed by atoms with E-state index in [1.54, 1.807) is 5.10 Å². The third-order valence-electron chi connectivity index (χ3n) is 7.08. The predicted molar refractivity (Wildman–Crippen MR) is 138 cm³/mol. The van der Waals surface area contributed by atoms with Gasteiger partial charge in [0.1, 0.15) is 11.4 Å². The summed E-state index contributed by atoms with van der Waals surface area (Å²) in [5.41, 5.74) is -5.11. The van der Waals surface area contributed by atoms with Gasteiger partial charge < -0.3 is 9.88 Å². The second-order valence-corrected chi connectivity index (χ2v) is 10.4. The lowest BCUT2D eigenvalue weighted by atomic mass is 9.85. The van der Waals surface area contributed by atoms with Crippen LogP contribution in [0.1, 0.15) is 36.8 Å². The Bertz CT molecular complexity index is 1750. The first-order chi connectivity index (χ1) is 19.7. The van der Waals surface area contributed by atoms with Gasteiger partial charge in [-0.3, -0.25) is 9.59 Å². The number of anilines is 1. The molecule has 42 heavy (non-hydrogen) atoms. The van der Waals surface area contributed by atoms with Gasteiger partial charge in [-0.1, -0.05) is 18.0 Å². The number of hydrogen-bond donors (Lipinski definition) is 2. The fourth-order valence-corrected chi connectivity index (χ4v) is 5.44. The number of nitrogens with one attached hydrogen (secondary N) is 2. The van der Waals surface area contributed by atoms with E-state index in [0.29, 0.717) is 38.1 Å². The molecule has 2 atom stereocenters. The molecule has 222 valence electrons. The van der Waals surface area contributed by atoms with E-state index in [2.05, 4.69) is 20.4 Å². The van der Waals surface area contributed by atoms with E-state index in [1.165, 1.54) is 16.8 Å². The molecule has 0 spiro atoms. The molecule has 0 radical (unpaired) electrons. The highest BCUT2D eigenvalue weighted by Gasteiger charge is 2.38. The Morgan fingerprint density at radius 3 is 2.38 bits per heavy atom. The Labute approximate surface area is 236 Å². The van der Waals surface area contributed by atoms with Gasteiger partial charge in [0.15, 0.2) is 5.82 Å². The smallest absolute Gasteiger partial charge is 0.380 e. The predicted octanol–water partition coefficient (Wildman–Crippen LogP) is 6.04. The molecule has 3 heterocycles. The van der Waals surface area contributed by atoms with Crippen LogP contribution >= 0.6 is 11.6 Å². The van der Waals surface area contributed by atoms with Crippen molar-refractivity contribution in [2.24, 2.45) is 5.92 Å². The molecular weight excluding hydrogens is 597 g/mol. The van der Waals surface area contributed by atoms with Crippen molar-refractivity contribution in [3.8, 4) is 11.4 Å². The van der Waals surface area contributed by atoms with Gasteiger partial charge in [-0.25, -0.2) is 19.5 Å². The Balaban J connectivity index is 1.39. The molecule has 1 fully saturated rings. The molecule has 16 heteroatoms. The van der Waals surface area contributed by atoms with Crippen molar-refractivity contribution in [1.29, 1.82) is 0 Å². The average Bonchev–Trinajstić information content (AvgIpc) is 2.90. The first-order valence-corrected chi connectivity index (χ1v) is 12.9. The molecule has 3 aromatic heterocycles. The number of hydrogen-bond acceptors (Lipinski definition) is 6. The van der Waals surface area contributed by atoms with Crippen LogP contribution in [0, 0.1) is 11.7 Å². The van der Waals surface area contributed by atoms with E-state index in [-0.39, 0.29) is 39.6 Å². The zero-order valence-electron chi connectivity index (χ0n) is 21.3. The van der Waals surface area contributed by atoms with Crippen LogP contribution in [0.25, 0.3) is 22.2 Å². The van der Waals surface area contributed by atoms with Gasteiger partial charge in [-0.15, -0.1) is 0 Å². The van der Waals surface area contributed by atoms with E-state index in [4.69, 9.17) is 11.6 Å². The van der Waals surface area contributed by atoms with E-state index < -0.39 is 52.1 Å². The Kier molecular flexibility index (Phi) is 7.72.